The van der Waals surface area contributed by atoms with E-state index in [9.17, 15) is 8.42 Å². The summed E-state index contributed by atoms with van der Waals surface area (Å²) >= 11 is 0. The van der Waals surface area contributed by atoms with Crippen molar-refractivity contribution in [1.29, 1.82) is 0 Å². The van der Waals surface area contributed by atoms with Crippen molar-refractivity contribution in [3.63, 3.8) is 0 Å². The van der Waals surface area contributed by atoms with E-state index in [4.69, 9.17) is 4.74 Å². The molecule has 2 heterocycles. The molecule has 0 radical (unpaired) electrons. The molecular weight excluding hydrogens is 314 g/mol. The van der Waals surface area contributed by atoms with Crippen molar-refractivity contribution in [3.05, 3.63) is 42.1 Å². The number of ether oxygens (including phenoxy) is 1. The maximum Gasteiger partial charge on any atom is 0.216 e. The summed E-state index contributed by atoms with van der Waals surface area (Å²) in [6, 6.07) is 9.07. The highest BCUT2D eigenvalue weighted by Gasteiger charge is 2.25. The zero-order valence-electron chi connectivity index (χ0n) is 13.0. The zero-order valence-corrected chi connectivity index (χ0v) is 13.8. The molecular formula is C16H21N3O3S. The minimum Gasteiger partial charge on any atom is -0.374 e. The zero-order chi connectivity index (χ0) is 16.3. The number of fused-ring (bicyclic) bond motifs is 1. The number of morpholine rings is 1. The van der Waals surface area contributed by atoms with Gasteiger partial charge in [0.05, 0.1) is 24.0 Å². The van der Waals surface area contributed by atoms with Crippen molar-refractivity contribution in [2.75, 3.05) is 19.7 Å². The molecule has 0 spiro atoms. The van der Waals surface area contributed by atoms with E-state index in [1.54, 1.807) is 12.3 Å². The lowest BCUT2D eigenvalue weighted by atomic mass is 10.1. The quantitative estimate of drug-likeness (QED) is 0.853. The lowest BCUT2D eigenvalue weighted by Crippen LogP contribution is -2.50. The molecule has 1 aliphatic heterocycles. The van der Waals surface area contributed by atoms with Crippen molar-refractivity contribution >= 4 is 20.9 Å². The number of nitrogens with zero attached hydrogens (tertiary/aromatic N) is 1. The summed E-state index contributed by atoms with van der Waals surface area (Å²) < 4.78 is 33.3. The highest BCUT2D eigenvalue weighted by molar-refractivity contribution is 7.88. The van der Waals surface area contributed by atoms with Crippen LogP contribution in [0.15, 0.2) is 36.5 Å². The topological polar surface area (TPSA) is 80.3 Å². The largest absolute Gasteiger partial charge is 0.374 e. The second-order valence-corrected chi connectivity index (χ2v) is 7.53. The molecule has 1 aromatic carbocycles. The Bertz CT molecular complexity index is 768. The molecule has 2 unspecified atom stereocenters. The van der Waals surface area contributed by atoms with Crippen LogP contribution < -0.4 is 10.0 Å². The maximum absolute atomic E-state index is 12.5. The van der Waals surface area contributed by atoms with E-state index in [2.05, 4.69) is 15.0 Å². The average Bonchev–Trinajstić information content (AvgIpc) is 2.55. The molecule has 1 aliphatic rings. The van der Waals surface area contributed by atoms with Gasteiger partial charge in [0.2, 0.25) is 10.0 Å². The summed E-state index contributed by atoms with van der Waals surface area (Å²) in [6.45, 7) is 3.89. The van der Waals surface area contributed by atoms with E-state index >= 15 is 0 Å². The maximum atomic E-state index is 12.5. The molecule has 2 aromatic rings. The minimum absolute atomic E-state index is 0.0914. The molecule has 0 aliphatic carbocycles. The summed E-state index contributed by atoms with van der Waals surface area (Å²) in [4.78, 5) is 4.31. The van der Waals surface area contributed by atoms with Gasteiger partial charge in [-0.2, -0.15) is 0 Å². The van der Waals surface area contributed by atoms with Crippen LogP contribution in [0.1, 0.15) is 12.5 Å². The summed E-state index contributed by atoms with van der Waals surface area (Å²) in [5, 5.41) is 4.14. The van der Waals surface area contributed by atoms with Crippen LogP contribution in [0, 0.1) is 0 Å². The standard InChI is InChI=1S/C16H21N3O3S/c1-12(15-10-17-8-9-22-15)19-23(20,21)11-14-5-2-4-13-6-3-7-18-16(13)14/h2-7,12,15,17,19H,8-11H2,1H3. The third kappa shape index (κ3) is 4.06. The molecule has 23 heavy (non-hydrogen) atoms. The van der Waals surface area contributed by atoms with Gasteiger partial charge in [0, 0.05) is 30.7 Å². The number of para-hydroxylation sites is 1. The van der Waals surface area contributed by atoms with Crippen LogP contribution in [0.25, 0.3) is 10.9 Å². The second-order valence-electron chi connectivity index (χ2n) is 5.77. The van der Waals surface area contributed by atoms with Crippen molar-refractivity contribution in [1.82, 2.24) is 15.0 Å². The Kier molecular flexibility index (Phi) is 4.91. The molecule has 7 heteroatoms. The van der Waals surface area contributed by atoms with Gasteiger partial charge >= 0.3 is 0 Å². The molecule has 3 rings (SSSR count). The molecule has 1 fully saturated rings. The van der Waals surface area contributed by atoms with Crippen molar-refractivity contribution in [2.24, 2.45) is 0 Å². The lowest BCUT2D eigenvalue weighted by molar-refractivity contribution is 0.0129. The first kappa shape index (κ1) is 16.3. The molecule has 0 amide bonds. The first-order valence-corrected chi connectivity index (χ1v) is 9.35. The Morgan fingerprint density at radius 1 is 1.39 bits per heavy atom. The number of hydrogen-bond acceptors (Lipinski definition) is 5. The predicted octanol–water partition coefficient (Wildman–Crippen LogP) is 1.03. The SMILES string of the molecule is CC(NS(=O)(=O)Cc1cccc2cccnc12)C1CNCCO1. The molecule has 2 N–H and O–H groups in total. The van der Waals surface area contributed by atoms with Gasteiger partial charge in [-0.15, -0.1) is 0 Å². The Labute approximate surface area is 136 Å². The van der Waals surface area contributed by atoms with Gasteiger partial charge in [-0.1, -0.05) is 24.3 Å². The number of hydrogen-bond donors (Lipinski definition) is 2. The lowest BCUT2D eigenvalue weighted by Gasteiger charge is -2.29. The number of aromatic nitrogens is 1. The number of nitrogens with one attached hydrogen (secondary N) is 2. The third-order valence-electron chi connectivity index (χ3n) is 3.94. The van der Waals surface area contributed by atoms with Crippen LogP contribution in [-0.4, -0.2) is 45.2 Å². The van der Waals surface area contributed by atoms with Gasteiger partial charge in [0.1, 0.15) is 0 Å². The van der Waals surface area contributed by atoms with Crippen molar-refractivity contribution in [3.8, 4) is 0 Å². The van der Waals surface area contributed by atoms with Gasteiger partial charge < -0.3 is 10.1 Å². The average molecular weight is 335 g/mol. The van der Waals surface area contributed by atoms with Crippen molar-refractivity contribution < 1.29 is 13.2 Å². The van der Waals surface area contributed by atoms with Gasteiger partial charge in [0.25, 0.3) is 0 Å². The smallest absolute Gasteiger partial charge is 0.216 e. The fourth-order valence-corrected chi connectivity index (χ4v) is 4.24. The number of rotatable bonds is 5. The summed E-state index contributed by atoms with van der Waals surface area (Å²) in [7, 11) is -3.47. The van der Waals surface area contributed by atoms with Gasteiger partial charge in [-0.3, -0.25) is 4.98 Å². The van der Waals surface area contributed by atoms with Crippen LogP contribution in [0.5, 0.6) is 0 Å². The highest BCUT2D eigenvalue weighted by Crippen LogP contribution is 2.18. The Morgan fingerprint density at radius 3 is 3.00 bits per heavy atom. The van der Waals surface area contributed by atoms with E-state index < -0.39 is 10.0 Å². The van der Waals surface area contributed by atoms with E-state index in [1.165, 1.54) is 0 Å². The summed E-state index contributed by atoms with van der Waals surface area (Å²) in [6.07, 6.45) is 1.53. The van der Waals surface area contributed by atoms with Crippen molar-refractivity contribution in [2.45, 2.75) is 24.8 Å². The van der Waals surface area contributed by atoms with Gasteiger partial charge in [-0.25, -0.2) is 13.1 Å². The monoisotopic (exact) mass is 335 g/mol. The first-order valence-electron chi connectivity index (χ1n) is 7.70. The van der Waals surface area contributed by atoms with Gasteiger partial charge in [0.15, 0.2) is 0 Å². The molecule has 124 valence electrons. The Morgan fingerprint density at radius 2 is 2.22 bits per heavy atom. The second kappa shape index (κ2) is 6.92. The molecule has 0 bridgehead atoms. The molecule has 2 atom stereocenters. The van der Waals surface area contributed by atoms with Crippen LogP contribution >= 0.6 is 0 Å². The van der Waals surface area contributed by atoms with Crippen LogP contribution in [-0.2, 0) is 20.5 Å². The number of pyridine rings is 1. The van der Waals surface area contributed by atoms with E-state index in [0.717, 1.165) is 17.4 Å². The van der Waals surface area contributed by atoms with E-state index in [-0.39, 0.29) is 17.9 Å². The van der Waals surface area contributed by atoms with E-state index in [1.807, 2.05) is 31.2 Å². The molecule has 1 aromatic heterocycles. The fraction of sp³-hybridized carbons (Fsp3) is 0.438. The normalized spacial score (nSPS) is 20.5. The van der Waals surface area contributed by atoms with Crippen LogP contribution in [0.4, 0.5) is 0 Å². The molecule has 1 saturated heterocycles. The number of sulfonamides is 1. The summed E-state index contributed by atoms with van der Waals surface area (Å²) in [5.41, 5.74) is 1.43. The molecule has 0 saturated carbocycles. The first-order chi connectivity index (χ1) is 11.1. The summed E-state index contributed by atoms with van der Waals surface area (Å²) in [5.74, 6) is -0.0914. The van der Waals surface area contributed by atoms with Crippen LogP contribution in [0.2, 0.25) is 0 Å². The van der Waals surface area contributed by atoms with Gasteiger partial charge in [-0.05, 0) is 18.6 Å². The predicted molar refractivity (Wildman–Crippen MR) is 89.6 cm³/mol. The Hall–Kier alpha value is -1.54. The molecule has 6 nitrogen and oxygen atoms in total. The third-order valence-corrected chi connectivity index (χ3v) is 5.36. The Balaban J connectivity index is 1.75. The fourth-order valence-electron chi connectivity index (χ4n) is 2.80. The highest BCUT2D eigenvalue weighted by atomic mass is 32.2. The minimum atomic E-state index is -3.47. The van der Waals surface area contributed by atoms with E-state index in [0.29, 0.717) is 18.7 Å². The number of benzene rings is 1. The van der Waals surface area contributed by atoms with Crippen LogP contribution in [0.3, 0.4) is 0 Å².